The normalized spacial score (nSPS) is 10.2. The van der Waals surface area contributed by atoms with Crippen molar-refractivity contribution in [1.29, 1.82) is 0 Å². The molecular weight excluding hydrogens is 220 g/mol. The molecule has 0 aliphatic carbocycles. The maximum atomic E-state index is 11.0. The second kappa shape index (κ2) is 12.2. The molecule has 0 amide bonds. The molecule has 0 rings (SSSR count). The second-order valence-electron chi connectivity index (χ2n) is 2.97. The molecule has 0 aliphatic heterocycles. The molecule has 0 aliphatic rings. The van der Waals surface area contributed by atoms with E-state index in [1.54, 1.807) is 6.92 Å². The van der Waals surface area contributed by atoms with E-state index in [1.165, 1.54) is 12.2 Å². The van der Waals surface area contributed by atoms with Crippen molar-refractivity contribution < 1.29 is 19.1 Å². The summed E-state index contributed by atoms with van der Waals surface area (Å²) < 4.78 is 9.72. The number of hydrogen-bond acceptors (Lipinski definition) is 4. The molecule has 0 heterocycles. The van der Waals surface area contributed by atoms with Crippen LogP contribution in [0.4, 0.5) is 0 Å². The van der Waals surface area contributed by atoms with Crippen molar-refractivity contribution in [3.05, 3.63) is 38.5 Å². The fourth-order valence-corrected chi connectivity index (χ4v) is 0.811. The maximum absolute atomic E-state index is 11.0. The first-order valence-corrected chi connectivity index (χ1v) is 5.17. The number of carbonyl (C=O) groups is 2. The van der Waals surface area contributed by atoms with Gasteiger partial charge >= 0.3 is 11.9 Å². The van der Waals surface area contributed by atoms with E-state index in [0.29, 0.717) is 0 Å². The predicted molar refractivity (Wildman–Crippen MR) is 67.4 cm³/mol. The van der Waals surface area contributed by atoms with E-state index in [-0.39, 0.29) is 31.4 Å². The molecule has 96 valence electrons. The number of hydrogen-bond donors (Lipinski definition) is 0. The number of carbonyl (C=O) groups excluding carboxylic acids is 2. The van der Waals surface area contributed by atoms with Crippen LogP contribution in [0.15, 0.2) is 38.5 Å². The van der Waals surface area contributed by atoms with Crippen molar-refractivity contribution in [3.8, 4) is 0 Å². The first-order chi connectivity index (χ1) is 8.10. The van der Waals surface area contributed by atoms with Crippen LogP contribution in [0, 0.1) is 0 Å². The van der Waals surface area contributed by atoms with E-state index in [4.69, 9.17) is 9.47 Å². The van der Waals surface area contributed by atoms with Crippen molar-refractivity contribution in [2.75, 3.05) is 6.61 Å². The Morgan fingerprint density at radius 1 is 1.12 bits per heavy atom. The summed E-state index contributed by atoms with van der Waals surface area (Å²) >= 11 is 0. The van der Waals surface area contributed by atoms with Gasteiger partial charge in [-0.25, -0.2) is 0 Å². The lowest BCUT2D eigenvalue weighted by Crippen LogP contribution is -2.21. The zero-order valence-electron chi connectivity index (χ0n) is 10.3. The Hall–Kier alpha value is -1.84. The summed E-state index contributed by atoms with van der Waals surface area (Å²) in [5.41, 5.74) is 0. The minimum Gasteiger partial charge on any atom is -0.462 e. The molecule has 0 radical (unpaired) electrons. The Morgan fingerprint density at radius 3 is 2.06 bits per heavy atom. The Balaban J connectivity index is 0. The smallest absolute Gasteiger partial charge is 0.310 e. The van der Waals surface area contributed by atoms with Crippen LogP contribution in [0.3, 0.4) is 0 Å². The molecule has 1 unspecified atom stereocenters. The minimum absolute atomic E-state index is 0.0650. The third-order valence-corrected chi connectivity index (χ3v) is 1.43. The van der Waals surface area contributed by atoms with Gasteiger partial charge in [0, 0.05) is 0 Å². The highest BCUT2D eigenvalue weighted by atomic mass is 16.6. The van der Waals surface area contributed by atoms with E-state index in [2.05, 4.69) is 26.3 Å². The summed E-state index contributed by atoms with van der Waals surface area (Å²) in [6.07, 6.45) is 2.79. The lowest BCUT2D eigenvalue weighted by atomic mass is 10.4. The summed E-state index contributed by atoms with van der Waals surface area (Å²) in [7, 11) is 0. The molecule has 17 heavy (non-hydrogen) atoms. The second-order valence-corrected chi connectivity index (χ2v) is 2.97. The first-order valence-electron chi connectivity index (χ1n) is 5.17. The lowest BCUT2D eigenvalue weighted by Gasteiger charge is -2.12. The molecule has 0 aromatic rings. The molecule has 0 aromatic heterocycles. The highest BCUT2D eigenvalue weighted by Gasteiger charge is 2.10. The van der Waals surface area contributed by atoms with Gasteiger partial charge in [0.05, 0.1) is 12.8 Å². The molecule has 0 N–H and O–H groups in total. The first kappa shape index (κ1) is 17.6. The van der Waals surface area contributed by atoms with Gasteiger partial charge in [-0.2, -0.15) is 0 Å². The van der Waals surface area contributed by atoms with Crippen molar-refractivity contribution in [2.24, 2.45) is 0 Å². The van der Waals surface area contributed by atoms with Crippen LogP contribution < -0.4 is 0 Å². The van der Waals surface area contributed by atoms with Crippen molar-refractivity contribution in [2.45, 2.75) is 25.9 Å². The van der Waals surface area contributed by atoms with E-state index < -0.39 is 6.10 Å². The summed E-state index contributed by atoms with van der Waals surface area (Å²) in [4.78, 5) is 21.9. The van der Waals surface area contributed by atoms with Gasteiger partial charge in [0.25, 0.3) is 0 Å². The fourth-order valence-electron chi connectivity index (χ4n) is 0.811. The summed E-state index contributed by atoms with van der Waals surface area (Å²) in [5.74, 6) is -0.756. The Kier molecular flexibility index (Phi) is 12.6. The summed E-state index contributed by atoms with van der Waals surface area (Å²) in [6, 6.07) is 0. The highest BCUT2D eigenvalue weighted by molar-refractivity contribution is 5.72. The zero-order valence-corrected chi connectivity index (χ0v) is 10.3. The van der Waals surface area contributed by atoms with E-state index in [9.17, 15) is 9.59 Å². The SMILES string of the molecule is C=C.C=CCC(=O)OCC(C)OC(=O)CC=C. The van der Waals surface area contributed by atoms with Gasteiger partial charge < -0.3 is 9.47 Å². The van der Waals surface area contributed by atoms with Gasteiger partial charge in [0.2, 0.25) is 0 Å². The predicted octanol–water partition coefficient (Wildman–Crippen LogP) is 2.42. The molecule has 0 bridgehead atoms. The molecule has 1 atom stereocenters. The quantitative estimate of drug-likeness (QED) is 0.506. The number of rotatable bonds is 7. The molecule has 0 fully saturated rings. The van der Waals surface area contributed by atoms with Crippen LogP contribution in [0.5, 0.6) is 0 Å². The molecule has 0 spiro atoms. The third-order valence-electron chi connectivity index (χ3n) is 1.43. The van der Waals surface area contributed by atoms with Crippen LogP contribution in [0.1, 0.15) is 19.8 Å². The molecule has 0 aromatic carbocycles. The van der Waals surface area contributed by atoms with Gasteiger partial charge in [0.1, 0.15) is 12.7 Å². The van der Waals surface area contributed by atoms with Gasteiger partial charge in [-0.05, 0) is 6.92 Å². The van der Waals surface area contributed by atoms with Crippen LogP contribution in [0.25, 0.3) is 0 Å². The largest absolute Gasteiger partial charge is 0.462 e. The standard InChI is InChI=1S/C11H16O4.C2H4/c1-4-6-10(12)14-8-9(3)15-11(13)7-5-2;1-2/h4-5,9H,1-2,6-8H2,3H3;1-2H2. The van der Waals surface area contributed by atoms with Gasteiger partial charge in [-0.1, -0.05) is 12.2 Å². The summed E-state index contributed by atoms with van der Waals surface area (Å²) in [5, 5.41) is 0. The average Bonchev–Trinajstić information content (AvgIpc) is 2.30. The molecule has 0 saturated heterocycles. The Morgan fingerprint density at radius 2 is 1.59 bits per heavy atom. The van der Waals surface area contributed by atoms with Crippen LogP contribution >= 0.6 is 0 Å². The van der Waals surface area contributed by atoms with E-state index in [0.717, 1.165) is 0 Å². The van der Waals surface area contributed by atoms with E-state index in [1.807, 2.05) is 0 Å². The summed E-state index contributed by atoms with van der Waals surface area (Å²) in [6.45, 7) is 14.5. The lowest BCUT2D eigenvalue weighted by molar-refractivity contribution is -0.156. The fraction of sp³-hybridized carbons (Fsp3) is 0.385. The van der Waals surface area contributed by atoms with Gasteiger partial charge in [0.15, 0.2) is 0 Å². The zero-order chi connectivity index (χ0) is 13.7. The maximum Gasteiger partial charge on any atom is 0.310 e. The van der Waals surface area contributed by atoms with Crippen LogP contribution in [0.2, 0.25) is 0 Å². The monoisotopic (exact) mass is 240 g/mol. The van der Waals surface area contributed by atoms with Crippen molar-refractivity contribution >= 4 is 11.9 Å². The van der Waals surface area contributed by atoms with Crippen molar-refractivity contribution in [1.82, 2.24) is 0 Å². The molecule has 4 nitrogen and oxygen atoms in total. The van der Waals surface area contributed by atoms with Crippen LogP contribution in [-0.2, 0) is 19.1 Å². The van der Waals surface area contributed by atoms with E-state index >= 15 is 0 Å². The van der Waals surface area contributed by atoms with Crippen LogP contribution in [-0.4, -0.2) is 24.6 Å². The molecule has 4 heteroatoms. The molecular formula is C13H20O4. The topological polar surface area (TPSA) is 52.6 Å². The minimum atomic E-state index is -0.439. The number of ether oxygens (including phenoxy) is 2. The highest BCUT2D eigenvalue weighted by Crippen LogP contribution is 1.97. The van der Waals surface area contributed by atoms with Crippen molar-refractivity contribution in [3.63, 3.8) is 0 Å². The number of esters is 2. The molecule has 0 saturated carbocycles. The van der Waals surface area contributed by atoms with Gasteiger partial charge in [-0.3, -0.25) is 9.59 Å². The van der Waals surface area contributed by atoms with Gasteiger partial charge in [-0.15, -0.1) is 26.3 Å². The Labute approximate surface area is 103 Å². The third kappa shape index (κ3) is 12.1. The Bertz CT molecular complexity index is 258. The average molecular weight is 240 g/mol.